The Hall–Kier alpha value is -2.32. The lowest BCUT2D eigenvalue weighted by molar-refractivity contribution is -0.122. The Kier molecular flexibility index (Phi) is 6.62. The van der Waals surface area contributed by atoms with Crippen molar-refractivity contribution >= 4 is 61.1 Å². The number of esters is 1. The molecule has 166 valence electrons. The molecule has 4 rings (SSSR count). The molecular weight excluding hydrogens is 542 g/mol. The van der Waals surface area contributed by atoms with Gasteiger partial charge in [0.1, 0.15) is 0 Å². The second-order valence-corrected chi connectivity index (χ2v) is 10.5. The summed E-state index contributed by atoms with van der Waals surface area (Å²) < 4.78 is 5.18. The van der Waals surface area contributed by atoms with E-state index < -0.39 is 12.6 Å². The monoisotopic (exact) mass is 561 g/mol. The van der Waals surface area contributed by atoms with E-state index in [1.54, 1.807) is 24.3 Å². The molecule has 1 heterocycles. The van der Waals surface area contributed by atoms with Crippen molar-refractivity contribution in [1.29, 1.82) is 0 Å². The number of amides is 2. The topological polar surface area (TPSA) is 80.8 Å². The number of carbonyl (C=O) groups excluding carboxylic acids is 4. The first kappa shape index (κ1) is 22.9. The molecule has 4 atom stereocenters. The zero-order chi connectivity index (χ0) is 23.0. The number of halogens is 2. The minimum Gasteiger partial charge on any atom is -0.454 e. The number of hydrogen-bond acceptors (Lipinski definition) is 5. The fraction of sp³-hybridized carbons (Fsp3) is 0.333. The van der Waals surface area contributed by atoms with Crippen LogP contribution >= 0.6 is 31.9 Å². The van der Waals surface area contributed by atoms with E-state index in [-0.39, 0.29) is 44.7 Å². The number of anilines is 1. The Balaban J connectivity index is 1.47. The molecule has 0 radical (unpaired) electrons. The second-order valence-electron chi connectivity index (χ2n) is 8.14. The van der Waals surface area contributed by atoms with Crippen molar-refractivity contribution in [1.82, 2.24) is 0 Å². The van der Waals surface area contributed by atoms with Gasteiger partial charge in [0.2, 0.25) is 11.8 Å². The highest BCUT2D eigenvalue weighted by atomic mass is 79.9. The highest BCUT2D eigenvalue weighted by Gasteiger charge is 2.52. The van der Waals surface area contributed by atoms with Crippen LogP contribution in [0.5, 0.6) is 0 Å². The van der Waals surface area contributed by atoms with Gasteiger partial charge in [0, 0.05) is 15.2 Å². The number of hydrogen-bond donors (Lipinski definition) is 0. The zero-order valence-electron chi connectivity index (χ0n) is 17.3. The van der Waals surface area contributed by atoms with Crippen molar-refractivity contribution in [3.8, 4) is 0 Å². The van der Waals surface area contributed by atoms with Gasteiger partial charge in [-0.3, -0.25) is 19.3 Å². The normalized spacial score (nSPS) is 24.9. The third-order valence-electron chi connectivity index (χ3n) is 5.96. The summed E-state index contributed by atoms with van der Waals surface area (Å²) in [7, 11) is 0. The maximum Gasteiger partial charge on any atom is 0.338 e. The molecular formula is C24H21Br2NO5. The first-order chi connectivity index (χ1) is 15.3. The molecule has 0 unspecified atom stereocenters. The first-order valence-electron chi connectivity index (χ1n) is 10.3. The van der Waals surface area contributed by atoms with E-state index in [0.29, 0.717) is 24.1 Å². The first-order valence-corrected chi connectivity index (χ1v) is 12.1. The number of alkyl halides is 2. The van der Waals surface area contributed by atoms with Gasteiger partial charge in [-0.2, -0.15) is 0 Å². The molecule has 1 saturated carbocycles. The number of nitrogens with zero attached hydrogens (tertiary/aromatic N) is 1. The average Bonchev–Trinajstić information content (AvgIpc) is 3.02. The molecule has 0 aromatic heterocycles. The van der Waals surface area contributed by atoms with Crippen LogP contribution in [0, 0.1) is 18.8 Å². The van der Waals surface area contributed by atoms with Crippen LogP contribution < -0.4 is 4.90 Å². The average molecular weight is 563 g/mol. The van der Waals surface area contributed by atoms with Crippen LogP contribution in [0.15, 0.2) is 48.5 Å². The molecule has 6 nitrogen and oxygen atoms in total. The quantitative estimate of drug-likeness (QED) is 0.233. The smallest absolute Gasteiger partial charge is 0.338 e. The van der Waals surface area contributed by atoms with Gasteiger partial charge in [0.15, 0.2) is 12.4 Å². The lowest BCUT2D eigenvalue weighted by Crippen LogP contribution is -2.34. The minimum atomic E-state index is -0.690. The Morgan fingerprint density at radius 1 is 0.938 bits per heavy atom. The number of rotatable bonds is 5. The lowest BCUT2D eigenvalue weighted by atomic mass is 9.81. The Morgan fingerprint density at radius 3 is 2.12 bits per heavy atom. The van der Waals surface area contributed by atoms with E-state index in [2.05, 4.69) is 31.9 Å². The molecule has 1 aliphatic heterocycles. The largest absolute Gasteiger partial charge is 0.454 e. The fourth-order valence-corrected chi connectivity index (χ4v) is 5.40. The molecule has 2 amide bonds. The number of Topliss-reactive ketones (excluding diaryl/α,β-unsaturated/α-hetero) is 1. The van der Waals surface area contributed by atoms with Gasteiger partial charge in [-0.15, -0.1) is 0 Å². The van der Waals surface area contributed by atoms with Crippen LogP contribution in [-0.4, -0.2) is 39.8 Å². The van der Waals surface area contributed by atoms with Crippen molar-refractivity contribution in [2.75, 3.05) is 11.5 Å². The van der Waals surface area contributed by atoms with Crippen LogP contribution in [0.1, 0.15) is 39.1 Å². The van der Waals surface area contributed by atoms with Gasteiger partial charge < -0.3 is 4.74 Å². The standard InChI is InChI=1S/C24H21Br2NO5/c1-13-5-7-14(8-6-13)21(28)12-32-24(31)15-3-2-4-16(9-15)27-22(29)17-10-19(25)20(26)11-18(17)23(27)30/h2-9,17-20H,10-12H2,1H3/t17-,18-,19+,20+/m0/s1. The zero-order valence-corrected chi connectivity index (χ0v) is 20.5. The maximum absolute atomic E-state index is 13.0. The summed E-state index contributed by atoms with van der Waals surface area (Å²) in [6.07, 6.45) is 1.15. The number of imide groups is 1. The lowest BCUT2D eigenvalue weighted by Gasteiger charge is -2.29. The number of ether oxygens (including phenoxy) is 1. The number of fused-ring (bicyclic) bond motifs is 1. The summed E-state index contributed by atoms with van der Waals surface area (Å²) in [5.74, 6) is -2.23. The van der Waals surface area contributed by atoms with E-state index in [0.717, 1.165) is 5.56 Å². The SMILES string of the molecule is Cc1ccc(C(=O)COC(=O)c2cccc(N3C(=O)[C@H]4C[C@@H](Br)[C@H](Br)C[C@@H]4C3=O)c2)cc1. The van der Waals surface area contributed by atoms with E-state index in [4.69, 9.17) is 4.74 Å². The third-order valence-corrected chi connectivity index (χ3v) is 8.69. The van der Waals surface area contributed by atoms with Crippen molar-refractivity contribution in [2.24, 2.45) is 11.8 Å². The van der Waals surface area contributed by atoms with E-state index >= 15 is 0 Å². The second kappa shape index (κ2) is 9.27. The molecule has 0 bridgehead atoms. The van der Waals surface area contributed by atoms with Gasteiger partial charge in [0.25, 0.3) is 0 Å². The summed E-state index contributed by atoms with van der Waals surface area (Å²) in [5, 5.41) is 0. The predicted molar refractivity (Wildman–Crippen MR) is 126 cm³/mol. The van der Waals surface area contributed by atoms with Crippen LogP contribution in [0.3, 0.4) is 0 Å². The Bertz CT molecular complexity index is 1060. The Morgan fingerprint density at radius 2 is 1.53 bits per heavy atom. The van der Waals surface area contributed by atoms with Gasteiger partial charge in [-0.05, 0) is 38.0 Å². The van der Waals surface area contributed by atoms with E-state index in [1.165, 1.54) is 17.0 Å². The third kappa shape index (κ3) is 4.43. The van der Waals surface area contributed by atoms with Crippen molar-refractivity contribution in [2.45, 2.75) is 29.4 Å². The van der Waals surface area contributed by atoms with Crippen LogP contribution in [0.25, 0.3) is 0 Å². The summed E-state index contributed by atoms with van der Waals surface area (Å²) in [4.78, 5) is 52.2. The molecule has 1 aliphatic carbocycles. The summed E-state index contributed by atoms with van der Waals surface area (Å²) in [6.45, 7) is 1.53. The molecule has 1 saturated heterocycles. The van der Waals surface area contributed by atoms with Crippen molar-refractivity contribution in [3.63, 3.8) is 0 Å². The molecule has 2 aromatic carbocycles. The highest BCUT2D eigenvalue weighted by Crippen LogP contribution is 2.44. The van der Waals surface area contributed by atoms with Gasteiger partial charge in [-0.25, -0.2) is 4.79 Å². The minimum absolute atomic E-state index is 0.118. The number of benzene rings is 2. The van der Waals surface area contributed by atoms with Gasteiger partial charge in [0.05, 0.1) is 23.1 Å². The van der Waals surface area contributed by atoms with Crippen LogP contribution in [0.4, 0.5) is 5.69 Å². The highest BCUT2D eigenvalue weighted by molar-refractivity contribution is 9.12. The van der Waals surface area contributed by atoms with Crippen LogP contribution in [-0.2, 0) is 14.3 Å². The fourth-order valence-electron chi connectivity index (χ4n) is 4.16. The molecule has 2 aliphatic rings. The molecule has 0 N–H and O–H groups in total. The number of aryl methyl sites for hydroxylation is 1. The summed E-state index contributed by atoms with van der Waals surface area (Å²) in [6, 6.07) is 13.2. The van der Waals surface area contributed by atoms with Crippen LogP contribution in [0.2, 0.25) is 0 Å². The molecule has 8 heteroatoms. The van der Waals surface area contributed by atoms with E-state index in [9.17, 15) is 19.2 Å². The van der Waals surface area contributed by atoms with E-state index in [1.807, 2.05) is 19.1 Å². The van der Waals surface area contributed by atoms with Gasteiger partial charge in [-0.1, -0.05) is 67.8 Å². The van der Waals surface area contributed by atoms with Crippen molar-refractivity contribution < 1.29 is 23.9 Å². The predicted octanol–water partition coefficient (Wildman–Crippen LogP) is 4.46. The molecule has 2 fully saturated rings. The molecule has 2 aromatic rings. The number of ketones is 1. The molecule has 32 heavy (non-hydrogen) atoms. The van der Waals surface area contributed by atoms with Crippen molar-refractivity contribution in [3.05, 3.63) is 65.2 Å². The number of carbonyl (C=O) groups is 4. The van der Waals surface area contributed by atoms with Gasteiger partial charge >= 0.3 is 5.97 Å². The summed E-state index contributed by atoms with van der Waals surface area (Å²) in [5.41, 5.74) is 2.00. The summed E-state index contributed by atoms with van der Waals surface area (Å²) >= 11 is 7.15. The maximum atomic E-state index is 13.0. The molecule has 0 spiro atoms. The Labute approximate surface area is 202 Å².